The third kappa shape index (κ3) is 5.01. The van der Waals surface area contributed by atoms with Crippen LogP contribution in [-0.2, 0) is 4.74 Å². The van der Waals surface area contributed by atoms with Crippen molar-refractivity contribution in [3.05, 3.63) is 29.8 Å². The summed E-state index contributed by atoms with van der Waals surface area (Å²) >= 11 is 0. The van der Waals surface area contributed by atoms with Crippen LogP contribution >= 0.6 is 0 Å². The van der Waals surface area contributed by atoms with E-state index < -0.39 is 0 Å². The molecule has 1 aliphatic heterocycles. The van der Waals surface area contributed by atoms with Gasteiger partial charge >= 0.3 is 0 Å². The number of nitrogens with zero attached hydrogens (tertiary/aromatic N) is 1. The molecule has 2 unspecified atom stereocenters. The quantitative estimate of drug-likeness (QED) is 0.833. The molecule has 0 amide bonds. The molecule has 1 saturated heterocycles. The molecule has 118 valence electrons. The van der Waals surface area contributed by atoms with Crippen LogP contribution in [0.4, 0.5) is 5.69 Å². The second kappa shape index (κ2) is 7.81. The lowest BCUT2D eigenvalue weighted by Crippen LogP contribution is -2.35. The summed E-state index contributed by atoms with van der Waals surface area (Å²) in [6.07, 6.45) is 3.10. The van der Waals surface area contributed by atoms with Gasteiger partial charge in [0.25, 0.3) is 0 Å². The lowest BCUT2D eigenvalue weighted by atomic mass is 10.1. The van der Waals surface area contributed by atoms with Crippen LogP contribution in [0.1, 0.15) is 39.2 Å². The molecule has 0 saturated carbocycles. The third-order valence-corrected chi connectivity index (χ3v) is 4.12. The smallest absolute Gasteiger partial charge is 0.0755 e. The molecule has 1 heterocycles. The van der Waals surface area contributed by atoms with E-state index in [-0.39, 0.29) is 0 Å². The molecule has 0 aromatic heterocycles. The molecule has 1 aromatic carbocycles. The van der Waals surface area contributed by atoms with Crippen LogP contribution in [0, 0.1) is 6.92 Å². The van der Waals surface area contributed by atoms with Gasteiger partial charge in [0, 0.05) is 31.4 Å². The number of hydrogen-bond acceptors (Lipinski definition) is 3. The van der Waals surface area contributed by atoms with E-state index in [1.807, 2.05) is 0 Å². The maximum Gasteiger partial charge on any atom is 0.0755 e. The average molecular weight is 290 g/mol. The van der Waals surface area contributed by atoms with Gasteiger partial charge in [0.05, 0.1) is 12.2 Å². The highest BCUT2D eigenvalue weighted by molar-refractivity contribution is 5.48. The second-order valence-corrected chi connectivity index (χ2v) is 6.40. The average Bonchev–Trinajstić information content (AvgIpc) is 2.90. The predicted molar refractivity (Wildman–Crippen MR) is 90.1 cm³/mol. The molecule has 1 fully saturated rings. The summed E-state index contributed by atoms with van der Waals surface area (Å²) < 4.78 is 6.19. The van der Waals surface area contributed by atoms with Crippen LogP contribution in [0.15, 0.2) is 24.3 Å². The fourth-order valence-corrected chi connectivity index (χ4v) is 2.92. The summed E-state index contributed by atoms with van der Waals surface area (Å²) in [7, 11) is 0. The number of nitrogens with one attached hydrogen (secondary N) is 1. The summed E-state index contributed by atoms with van der Waals surface area (Å²) in [6.45, 7) is 11.7. The van der Waals surface area contributed by atoms with Crippen LogP contribution in [0.3, 0.4) is 0 Å². The number of anilines is 1. The van der Waals surface area contributed by atoms with Gasteiger partial charge in [-0.25, -0.2) is 0 Å². The van der Waals surface area contributed by atoms with Crippen molar-refractivity contribution in [2.75, 3.05) is 24.5 Å². The molecule has 3 heteroatoms. The summed E-state index contributed by atoms with van der Waals surface area (Å²) in [5, 5.41) is 3.48. The molecule has 1 N–H and O–H groups in total. The van der Waals surface area contributed by atoms with Crippen molar-refractivity contribution < 1.29 is 4.74 Å². The molecule has 3 nitrogen and oxygen atoms in total. The van der Waals surface area contributed by atoms with Gasteiger partial charge in [0.2, 0.25) is 0 Å². The van der Waals surface area contributed by atoms with Crippen molar-refractivity contribution in [3.63, 3.8) is 0 Å². The zero-order valence-corrected chi connectivity index (χ0v) is 13.9. The fraction of sp³-hybridized carbons (Fsp3) is 0.667. The van der Waals surface area contributed by atoms with Crippen LogP contribution in [0.5, 0.6) is 0 Å². The number of benzene rings is 1. The Balaban J connectivity index is 1.86. The Morgan fingerprint density at radius 3 is 2.71 bits per heavy atom. The van der Waals surface area contributed by atoms with E-state index in [9.17, 15) is 0 Å². The molecule has 1 aromatic rings. The molecule has 0 radical (unpaired) electrons. The highest BCUT2D eigenvalue weighted by Gasteiger charge is 2.26. The standard InChI is InChI=1S/C18H30N2O/c1-5-20(16-8-6-7-15(4)11-16)13-18-10-9-17(21-18)12-19-14(2)3/h6-8,11,14,17-19H,5,9-10,12-13H2,1-4H3. The van der Waals surface area contributed by atoms with E-state index in [2.05, 4.69) is 62.2 Å². The maximum absolute atomic E-state index is 6.19. The first kappa shape index (κ1) is 16.3. The minimum atomic E-state index is 0.365. The van der Waals surface area contributed by atoms with E-state index in [0.717, 1.165) is 19.6 Å². The molecule has 2 atom stereocenters. The van der Waals surface area contributed by atoms with E-state index in [4.69, 9.17) is 4.74 Å². The number of aryl methyl sites for hydroxylation is 1. The van der Waals surface area contributed by atoms with Gasteiger partial charge in [-0.05, 0) is 44.4 Å². The third-order valence-electron chi connectivity index (χ3n) is 4.12. The highest BCUT2D eigenvalue weighted by atomic mass is 16.5. The van der Waals surface area contributed by atoms with E-state index in [1.165, 1.54) is 24.1 Å². The van der Waals surface area contributed by atoms with Gasteiger partial charge < -0.3 is 15.0 Å². The van der Waals surface area contributed by atoms with E-state index in [1.54, 1.807) is 0 Å². The highest BCUT2D eigenvalue weighted by Crippen LogP contribution is 2.23. The Morgan fingerprint density at radius 1 is 1.29 bits per heavy atom. The molecular formula is C18H30N2O. The number of hydrogen-bond donors (Lipinski definition) is 1. The van der Waals surface area contributed by atoms with Crippen molar-refractivity contribution in [3.8, 4) is 0 Å². The van der Waals surface area contributed by atoms with Crippen molar-refractivity contribution in [2.24, 2.45) is 0 Å². The van der Waals surface area contributed by atoms with Gasteiger partial charge in [0.15, 0.2) is 0 Å². The first-order chi connectivity index (χ1) is 10.1. The van der Waals surface area contributed by atoms with Crippen molar-refractivity contribution in [2.45, 2.75) is 58.8 Å². The van der Waals surface area contributed by atoms with Crippen LogP contribution in [0.25, 0.3) is 0 Å². The minimum absolute atomic E-state index is 0.365. The fourth-order valence-electron chi connectivity index (χ4n) is 2.92. The molecule has 0 bridgehead atoms. The molecule has 0 spiro atoms. The topological polar surface area (TPSA) is 24.5 Å². The van der Waals surface area contributed by atoms with E-state index in [0.29, 0.717) is 18.2 Å². The van der Waals surface area contributed by atoms with Crippen LogP contribution < -0.4 is 10.2 Å². The summed E-state index contributed by atoms with van der Waals surface area (Å²) in [4.78, 5) is 2.43. The zero-order valence-electron chi connectivity index (χ0n) is 13.9. The predicted octanol–water partition coefficient (Wildman–Crippen LogP) is 3.37. The molecular weight excluding hydrogens is 260 g/mol. The van der Waals surface area contributed by atoms with Crippen molar-refractivity contribution >= 4 is 5.69 Å². The Bertz CT molecular complexity index is 433. The Kier molecular flexibility index (Phi) is 6.07. The number of rotatable bonds is 7. The number of likely N-dealkylation sites (N-methyl/N-ethyl adjacent to an activating group) is 1. The summed E-state index contributed by atoms with van der Waals surface area (Å²) in [6, 6.07) is 9.28. The monoisotopic (exact) mass is 290 g/mol. The second-order valence-electron chi connectivity index (χ2n) is 6.40. The van der Waals surface area contributed by atoms with Crippen LogP contribution in [0.2, 0.25) is 0 Å². The van der Waals surface area contributed by atoms with Gasteiger partial charge in [-0.15, -0.1) is 0 Å². The van der Waals surface area contributed by atoms with E-state index >= 15 is 0 Å². The lowest BCUT2D eigenvalue weighted by Gasteiger charge is -2.27. The molecule has 21 heavy (non-hydrogen) atoms. The Morgan fingerprint density at radius 2 is 2.05 bits per heavy atom. The van der Waals surface area contributed by atoms with Gasteiger partial charge in [-0.2, -0.15) is 0 Å². The van der Waals surface area contributed by atoms with Crippen molar-refractivity contribution in [1.29, 1.82) is 0 Å². The minimum Gasteiger partial charge on any atom is -0.372 e. The summed E-state index contributed by atoms with van der Waals surface area (Å²) in [5.41, 5.74) is 2.63. The van der Waals surface area contributed by atoms with Crippen LogP contribution in [-0.4, -0.2) is 37.9 Å². The maximum atomic E-state index is 6.19. The molecule has 2 rings (SSSR count). The SMILES string of the molecule is CCN(CC1CCC(CNC(C)C)O1)c1cccc(C)c1. The zero-order chi connectivity index (χ0) is 15.2. The lowest BCUT2D eigenvalue weighted by molar-refractivity contribution is 0.0485. The molecule has 0 aliphatic carbocycles. The Labute approximate surface area is 129 Å². The normalized spacial score (nSPS) is 22.0. The largest absolute Gasteiger partial charge is 0.372 e. The number of ether oxygens (including phenoxy) is 1. The first-order valence-corrected chi connectivity index (χ1v) is 8.29. The van der Waals surface area contributed by atoms with Crippen molar-refractivity contribution in [1.82, 2.24) is 5.32 Å². The molecule has 1 aliphatic rings. The summed E-state index contributed by atoms with van der Waals surface area (Å²) in [5.74, 6) is 0. The Hall–Kier alpha value is -1.06. The van der Waals surface area contributed by atoms with Gasteiger partial charge in [-0.3, -0.25) is 0 Å². The van der Waals surface area contributed by atoms with Gasteiger partial charge in [0.1, 0.15) is 0 Å². The first-order valence-electron chi connectivity index (χ1n) is 8.29. The van der Waals surface area contributed by atoms with Gasteiger partial charge in [-0.1, -0.05) is 26.0 Å².